The van der Waals surface area contributed by atoms with E-state index in [-0.39, 0.29) is 30.5 Å². The predicted molar refractivity (Wildman–Crippen MR) is 120 cm³/mol. The highest BCUT2D eigenvalue weighted by molar-refractivity contribution is 6.35. The number of anilines is 1. The molecule has 2 aromatic carbocycles. The minimum Gasteiger partial charge on any atom is -0.341 e. The molecule has 1 aliphatic rings. The summed E-state index contributed by atoms with van der Waals surface area (Å²) in [5, 5.41) is 6.82. The van der Waals surface area contributed by atoms with Gasteiger partial charge in [-0.1, -0.05) is 35.3 Å². The number of H-pyrrole nitrogens is 1. The van der Waals surface area contributed by atoms with Gasteiger partial charge in [-0.05, 0) is 50.2 Å². The Labute approximate surface area is 185 Å². The third kappa shape index (κ3) is 5.14. The fourth-order valence-corrected chi connectivity index (χ4v) is 4.17. The number of imidazole rings is 1. The van der Waals surface area contributed by atoms with Crippen molar-refractivity contribution in [2.75, 3.05) is 18.9 Å². The highest BCUT2D eigenvalue weighted by atomic mass is 35.5. The van der Waals surface area contributed by atoms with Crippen LogP contribution in [0.1, 0.15) is 24.7 Å². The second-order valence-electron chi connectivity index (χ2n) is 7.11. The third-order valence-corrected chi connectivity index (χ3v) is 5.49. The first-order valence-corrected chi connectivity index (χ1v) is 9.92. The number of carbonyl (C=O) groups excluding carboxylic acids is 1. The third-order valence-electron chi connectivity index (χ3n) is 5.05. The van der Waals surface area contributed by atoms with E-state index in [1.54, 1.807) is 18.2 Å². The zero-order valence-electron chi connectivity index (χ0n) is 15.8. The van der Waals surface area contributed by atoms with Crippen molar-refractivity contribution in [2.45, 2.75) is 24.9 Å². The fraction of sp³-hybridized carbons (Fsp3) is 0.300. The lowest BCUT2D eigenvalue weighted by Gasteiger charge is -2.36. The Bertz CT molecular complexity index is 955. The summed E-state index contributed by atoms with van der Waals surface area (Å²) in [6.45, 7) is 0.871. The van der Waals surface area contributed by atoms with Crippen LogP contribution >= 0.6 is 35.6 Å². The second-order valence-corrected chi connectivity index (χ2v) is 7.99. The molecule has 3 aromatic rings. The van der Waals surface area contributed by atoms with E-state index in [4.69, 9.17) is 28.2 Å². The number of nitrogens with zero attached hydrogens (tertiary/aromatic N) is 2. The fourth-order valence-electron chi connectivity index (χ4n) is 3.64. The first-order valence-electron chi connectivity index (χ1n) is 9.16. The smallest absolute Gasteiger partial charge is 0.319 e. The van der Waals surface area contributed by atoms with E-state index in [1.807, 2.05) is 24.3 Å². The molecule has 2 amide bonds. The number of urea groups is 1. The van der Waals surface area contributed by atoms with E-state index in [1.165, 1.54) is 0 Å². The summed E-state index contributed by atoms with van der Waals surface area (Å²) in [7, 11) is 2.09. The second kappa shape index (κ2) is 9.22. The molecule has 0 saturated carbocycles. The molecule has 1 aromatic heterocycles. The molecule has 1 fully saturated rings. The van der Waals surface area contributed by atoms with Crippen LogP contribution < -0.4 is 10.6 Å². The SMILES string of the molecule is CN1CC[C@@H](NC(=O)Nc2cc(Cl)cc(Cl)c2)C[C@@H]1c1nc2ccccc2[nH]1.Cl. The minimum atomic E-state index is -0.267. The van der Waals surface area contributed by atoms with Gasteiger partial charge in [0.05, 0.1) is 17.1 Å². The first-order chi connectivity index (χ1) is 13.5. The molecule has 6 nitrogen and oxygen atoms in total. The maximum absolute atomic E-state index is 12.4. The first kappa shape index (κ1) is 21.7. The van der Waals surface area contributed by atoms with E-state index in [0.29, 0.717) is 15.7 Å². The van der Waals surface area contributed by atoms with Crippen molar-refractivity contribution in [3.63, 3.8) is 0 Å². The minimum absolute atomic E-state index is 0. The number of fused-ring (bicyclic) bond motifs is 1. The molecule has 154 valence electrons. The number of para-hydroxylation sites is 2. The van der Waals surface area contributed by atoms with Crippen LogP contribution in [0, 0.1) is 0 Å². The van der Waals surface area contributed by atoms with Crippen LogP contribution in [-0.2, 0) is 0 Å². The lowest BCUT2D eigenvalue weighted by Crippen LogP contribution is -2.46. The number of carbonyl (C=O) groups is 1. The van der Waals surface area contributed by atoms with Crippen LogP contribution in [0.5, 0.6) is 0 Å². The normalized spacial score (nSPS) is 19.6. The summed E-state index contributed by atoms with van der Waals surface area (Å²) in [6.07, 6.45) is 1.65. The number of hydrogen-bond donors (Lipinski definition) is 3. The number of nitrogens with one attached hydrogen (secondary N) is 3. The van der Waals surface area contributed by atoms with E-state index < -0.39 is 0 Å². The topological polar surface area (TPSA) is 73.1 Å². The van der Waals surface area contributed by atoms with Crippen molar-refractivity contribution >= 4 is 58.4 Å². The molecule has 2 atom stereocenters. The van der Waals surface area contributed by atoms with Crippen molar-refractivity contribution in [1.29, 1.82) is 0 Å². The van der Waals surface area contributed by atoms with Gasteiger partial charge in [-0.2, -0.15) is 0 Å². The van der Waals surface area contributed by atoms with Gasteiger partial charge in [0.1, 0.15) is 5.82 Å². The van der Waals surface area contributed by atoms with E-state index in [0.717, 1.165) is 36.2 Å². The van der Waals surface area contributed by atoms with Gasteiger partial charge in [0.15, 0.2) is 0 Å². The molecule has 0 bridgehead atoms. The summed E-state index contributed by atoms with van der Waals surface area (Å²) >= 11 is 12.0. The van der Waals surface area contributed by atoms with Crippen molar-refractivity contribution in [1.82, 2.24) is 20.2 Å². The maximum Gasteiger partial charge on any atom is 0.319 e. The molecule has 0 aliphatic carbocycles. The molecule has 0 radical (unpaired) electrons. The molecule has 0 unspecified atom stereocenters. The molecule has 3 N–H and O–H groups in total. The van der Waals surface area contributed by atoms with Gasteiger partial charge < -0.3 is 15.6 Å². The summed E-state index contributed by atoms with van der Waals surface area (Å²) < 4.78 is 0. The van der Waals surface area contributed by atoms with Gasteiger partial charge in [0, 0.05) is 28.3 Å². The van der Waals surface area contributed by atoms with Gasteiger partial charge in [-0.3, -0.25) is 4.90 Å². The summed E-state index contributed by atoms with van der Waals surface area (Å²) in [5.74, 6) is 0.928. The van der Waals surface area contributed by atoms with Gasteiger partial charge in [-0.15, -0.1) is 12.4 Å². The van der Waals surface area contributed by atoms with Crippen LogP contribution in [0.25, 0.3) is 11.0 Å². The number of piperidine rings is 1. The molecular formula is C20H22Cl3N5O. The van der Waals surface area contributed by atoms with Crippen LogP contribution in [-0.4, -0.2) is 40.5 Å². The van der Waals surface area contributed by atoms with Crippen molar-refractivity contribution in [3.8, 4) is 0 Å². The zero-order chi connectivity index (χ0) is 19.7. The Morgan fingerprint density at radius 3 is 2.66 bits per heavy atom. The van der Waals surface area contributed by atoms with E-state index >= 15 is 0 Å². The molecule has 2 heterocycles. The van der Waals surface area contributed by atoms with Crippen molar-refractivity contribution in [2.24, 2.45) is 0 Å². The molecule has 4 rings (SSSR count). The van der Waals surface area contributed by atoms with E-state index in [2.05, 4.69) is 27.6 Å². The number of aromatic amines is 1. The average Bonchev–Trinajstić information content (AvgIpc) is 3.06. The van der Waals surface area contributed by atoms with Crippen molar-refractivity contribution < 1.29 is 4.79 Å². The number of benzene rings is 2. The predicted octanol–water partition coefficient (Wildman–Crippen LogP) is 5.25. The van der Waals surface area contributed by atoms with Gasteiger partial charge >= 0.3 is 6.03 Å². The van der Waals surface area contributed by atoms with Crippen LogP contribution in [0.15, 0.2) is 42.5 Å². The molecule has 0 spiro atoms. The molecular weight excluding hydrogens is 433 g/mol. The highest BCUT2D eigenvalue weighted by Crippen LogP contribution is 2.29. The monoisotopic (exact) mass is 453 g/mol. The lowest BCUT2D eigenvalue weighted by molar-refractivity contribution is 0.153. The number of rotatable bonds is 3. The molecule has 1 aliphatic heterocycles. The van der Waals surface area contributed by atoms with Crippen LogP contribution in [0.2, 0.25) is 10.0 Å². The molecule has 9 heteroatoms. The average molecular weight is 455 g/mol. The largest absolute Gasteiger partial charge is 0.341 e. The molecule has 1 saturated heterocycles. The van der Waals surface area contributed by atoms with Gasteiger partial charge in [0.25, 0.3) is 0 Å². The van der Waals surface area contributed by atoms with Gasteiger partial charge in [-0.25, -0.2) is 9.78 Å². The molecule has 29 heavy (non-hydrogen) atoms. The summed E-state index contributed by atoms with van der Waals surface area (Å²) in [4.78, 5) is 22.8. The number of likely N-dealkylation sites (tertiary alicyclic amines) is 1. The standard InChI is InChI=1S/C20H21Cl2N5O.ClH/c1-27-7-6-14(23-20(28)24-15-9-12(21)8-13(22)10-15)11-18(27)19-25-16-4-2-3-5-17(16)26-19;/h2-5,8-10,14,18H,6-7,11H2,1H3,(H,25,26)(H2,23,24,28);1H/t14-,18-;/m1./s1. The Morgan fingerprint density at radius 2 is 1.93 bits per heavy atom. The Morgan fingerprint density at radius 1 is 1.21 bits per heavy atom. The van der Waals surface area contributed by atoms with Gasteiger partial charge in [0.2, 0.25) is 0 Å². The zero-order valence-corrected chi connectivity index (χ0v) is 18.1. The summed E-state index contributed by atoms with van der Waals surface area (Å²) in [5.41, 5.74) is 2.55. The Hall–Kier alpha value is -1.99. The number of halogens is 3. The summed E-state index contributed by atoms with van der Waals surface area (Å²) in [6, 6.07) is 12.8. The Balaban J connectivity index is 0.00000240. The quantitative estimate of drug-likeness (QED) is 0.506. The van der Waals surface area contributed by atoms with Crippen LogP contribution in [0.3, 0.4) is 0 Å². The van der Waals surface area contributed by atoms with Crippen LogP contribution in [0.4, 0.5) is 10.5 Å². The Kier molecular flexibility index (Phi) is 6.90. The van der Waals surface area contributed by atoms with E-state index in [9.17, 15) is 4.79 Å². The highest BCUT2D eigenvalue weighted by Gasteiger charge is 2.30. The number of aromatic nitrogens is 2. The maximum atomic E-state index is 12.4. The van der Waals surface area contributed by atoms with Crippen molar-refractivity contribution in [3.05, 3.63) is 58.3 Å². The number of hydrogen-bond acceptors (Lipinski definition) is 3. The lowest BCUT2D eigenvalue weighted by atomic mass is 9.97. The number of amides is 2.